The molecule has 1 heterocycles. The highest BCUT2D eigenvalue weighted by atomic mass is 79.9. The average Bonchev–Trinajstić information content (AvgIpc) is 3.46. The maximum atomic E-state index is 12.7. The standard InChI is InChI=1S/C30H21BrClN5O4S/c31-23-7-14-28(41-17-19-1-12-26(13-2-19)37(39)40)22(15-23)16-33-36-29(38)21-5-3-20(4-6-21)27-18-42-30(35-27)34-25-10-8-24(32)9-11-25/h1-16,18H,17H2,(H,34,35)(H,36,38)/b33-16-. The lowest BCUT2D eigenvalue weighted by Gasteiger charge is -2.10. The zero-order valence-electron chi connectivity index (χ0n) is 21.7. The van der Waals surface area contributed by atoms with Crippen LogP contribution in [-0.4, -0.2) is 22.0 Å². The van der Waals surface area contributed by atoms with Crippen LogP contribution >= 0.6 is 38.9 Å². The van der Waals surface area contributed by atoms with Crippen molar-refractivity contribution in [3.05, 3.63) is 133 Å². The third-order valence-corrected chi connectivity index (χ3v) is 7.43. The molecule has 0 bridgehead atoms. The van der Waals surface area contributed by atoms with Crippen molar-refractivity contribution in [2.75, 3.05) is 5.32 Å². The van der Waals surface area contributed by atoms with Gasteiger partial charge in [-0.25, -0.2) is 10.4 Å². The summed E-state index contributed by atoms with van der Waals surface area (Å²) >= 11 is 10.9. The van der Waals surface area contributed by atoms with Gasteiger partial charge in [-0.15, -0.1) is 11.3 Å². The largest absolute Gasteiger partial charge is 0.488 e. The maximum Gasteiger partial charge on any atom is 0.271 e. The Morgan fingerprint density at radius 1 is 1.05 bits per heavy atom. The minimum absolute atomic E-state index is 0.0143. The van der Waals surface area contributed by atoms with Crippen molar-refractivity contribution < 1.29 is 14.5 Å². The number of non-ortho nitro benzene ring substituents is 1. The number of carbonyl (C=O) groups is 1. The van der Waals surface area contributed by atoms with E-state index in [4.69, 9.17) is 16.3 Å². The summed E-state index contributed by atoms with van der Waals surface area (Å²) in [6, 6.07) is 26.0. The molecule has 2 N–H and O–H groups in total. The van der Waals surface area contributed by atoms with Crippen LogP contribution in [-0.2, 0) is 6.61 Å². The van der Waals surface area contributed by atoms with Gasteiger partial charge in [-0.1, -0.05) is 39.7 Å². The zero-order valence-corrected chi connectivity index (χ0v) is 24.8. The molecule has 0 saturated carbocycles. The van der Waals surface area contributed by atoms with E-state index in [0.29, 0.717) is 21.9 Å². The van der Waals surface area contributed by atoms with Crippen LogP contribution in [0, 0.1) is 10.1 Å². The predicted molar refractivity (Wildman–Crippen MR) is 169 cm³/mol. The number of nitrogens with one attached hydrogen (secondary N) is 2. The summed E-state index contributed by atoms with van der Waals surface area (Å²) < 4.78 is 6.71. The van der Waals surface area contributed by atoms with E-state index in [-0.39, 0.29) is 18.2 Å². The minimum Gasteiger partial charge on any atom is -0.488 e. The van der Waals surface area contributed by atoms with Gasteiger partial charge in [-0.05, 0) is 72.3 Å². The van der Waals surface area contributed by atoms with E-state index in [1.54, 1.807) is 36.4 Å². The lowest BCUT2D eigenvalue weighted by atomic mass is 10.1. The number of anilines is 2. The first-order chi connectivity index (χ1) is 20.3. The average molecular weight is 663 g/mol. The molecular weight excluding hydrogens is 642 g/mol. The molecule has 0 atom stereocenters. The molecule has 5 aromatic rings. The number of nitro benzene ring substituents is 1. The van der Waals surface area contributed by atoms with Crippen molar-refractivity contribution in [1.82, 2.24) is 10.4 Å². The molecule has 5 rings (SSSR count). The summed E-state index contributed by atoms with van der Waals surface area (Å²) in [6.07, 6.45) is 1.49. The Morgan fingerprint density at radius 3 is 2.50 bits per heavy atom. The topological polar surface area (TPSA) is 119 Å². The second-order valence-electron chi connectivity index (χ2n) is 8.84. The van der Waals surface area contributed by atoms with E-state index >= 15 is 0 Å². The third kappa shape index (κ3) is 7.58. The molecule has 42 heavy (non-hydrogen) atoms. The van der Waals surface area contributed by atoms with Crippen molar-refractivity contribution in [3.63, 3.8) is 0 Å². The first kappa shape index (κ1) is 28.9. The molecule has 4 aromatic carbocycles. The zero-order chi connectivity index (χ0) is 29.5. The molecule has 0 spiro atoms. The molecule has 1 amide bonds. The Labute approximate surface area is 258 Å². The molecular formula is C30H21BrClN5O4S. The van der Waals surface area contributed by atoms with Crippen LogP contribution in [0.2, 0.25) is 5.02 Å². The smallest absolute Gasteiger partial charge is 0.271 e. The lowest BCUT2D eigenvalue weighted by molar-refractivity contribution is -0.384. The summed E-state index contributed by atoms with van der Waals surface area (Å²) in [5, 5.41) is 21.6. The number of nitrogens with zero attached hydrogens (tertiary/aromatic N) is 3. The number of carbonyl (C=O) groups excluding carboxylic acids is 1. The van der Waals surface area contributed by atoms with E-state index in [9.17, 15) is 14.9 Å². The van der Waals surface area contributed by atoms with Gasteiger partial charge < -0.3 is 10.1 Å². The van der Waals surface area contributed by atoms with Gasteiger partial charge in [0.1, 0.15) is 12.4 Å². The van der Waals surface area contributed by atoms with E-state index in [2.05, 4.69) is 36.8 Å². The third-order valence-electron chi connectivity index (χ3n) is 5.93. The fourth-order valence-electron chi connectivity index (χ4n) is 3.76. The Morgan fingerprint density at radius 2 is 1.79 bits per heavy atom. The van der Waals surface area contributed by atoms with E-state index < -0.39 is 4.92 Å². The van der Waals surface area contributed by atoms with Crippen LogP contribution in [0.3, 0.4) is 0 Å². The van der Waals surface area contributed by atoms with Gasteiger partial charge in [0.05, 0.1) is 16.8 Å². The number of benzene rings is 4. The Balaban J connectivity index is 1.19. The van der Waals surface area contributed by atoms with Crippen LogP contribution in [0.1, 0.15) is 21.5 Å². The number of thiazole rings is 1. The molecule has 0 radical (unpaired) electrons. The number of amides is 1. The number of aromatic nitrogens is 1. The SMILES string of the molecule is O=C(N/N=C\c1cc(Br)ccc1OCc1ccc([N+](=O)[O-])cc1)c1ccc(-c2csc(Nc3ccc(Cl)cc3)n2)cc1. The van der Waals surface area contributed by atoms with Crippen LogP contribution in [0.5, 0.6) is 5.75 Å². The molecule has 0 aliphatic rings. The number of hydrogen-bond donors (Lipinski definition) is 2. The van der Waals surface area contributed by atoms with Crippen molar-refractivity contribution in [3.8, 4) is 17.0 Å². The first-order valence-corrected chi connectivity index (χ1v) is 14.5. The van der Waals surface area contributed by atoms with Crippen LogP contribution in [0.15, 0.2) is 106 Å². The highest BCUT2D eigenvalue weighted by Gasteiger charge is 2.10. The van der Waals surface area contributed by atoms with Crippen molar-refractivity contribution in [2.45, 2.75) is 6.61 Å². The predicted octanol–water partition coefficient (Wildman–Crippen LogP) is 8.22. The van der Waals surface area contributed by atoms with Gasteiger partial charge in [-0.2, -0.15) is 5.10 Å². The second-order valence-corrected chi connectivity index (χ2v) is 11.1. The first-order valence-electron chi connectivity index (χ1n) is 12.4. The number of nitro groups is 1. The summed E-state index contributed by atoms with van der Waals surface area (Å²) in [7, 11) is 0. The highest BCUT2D eigenvalue weighted by molar-refractivity contribution is 9.10. The highest BCUT2D eigenvalue weighted by Crippen LogP contribution is 2.28. The Bertz CT molecular complexity index is 1740. The Hall–Kier alpha value is -4.58. The van der Waals surface area contributed by atoms with Crippen LogP contribution < -0.4 is 15.5 Å². The second kappa shape index (κ2) is 13.4. The maximum absolute atomic E-state index is 12.7. The monoisotopic (exact) mass is 661 g/mol. The molecule has 12 heteroatoms. The van der Waals surface area contributed by atoms with Crippen LogP contribution in [0.4, 0.5) is 16.5 Å². The normalized spacial score (nSPS) is 10.9. The molecule has 0 unspecified atom stereocenters. The molecule has 0 saturated heterocycles. The van der Waals surface area contributed by atoms with Crippen LogP contribution in [0.25, 0.3) is 11.3 Å². The number of hydrazone groups is 1. The van der Waals surface area contributed by atoms with E-state index in [1.165, 1.54) is 29.7 Å². The van der Waals surface area contributed by atoms with Gasteiger partial charge >= 0.3 is 0 Å². The molecule has 9 nitrogen and oxygen atoms in total. The summed E-state index contributed by atoms with van der Waals surface area (Å²) in [5.74, 6) is 0.164. The fraction of sp³-hybridized carbons (Fsp3) is 0.0333. The number of ether oxygens (including phenoxy) is 1. The minimum atomic E-state index is -0.449. The van der Waals surface area contributed by atoms with Crippen molar-refractivity contribution in [2.24, 2.45) is 5.10 Å². The van der Waals surface area contributed by atoms with E-state index in [1.807, 2.05) is 47.8 Å². The van der Waals surface area contributed by atoms with Gasteiger partial charge in [-0.3, -0.25) is 14.9 Å². The lowest BCUT2D eigenvalue weighted by Crippen LogP contribution is -2.17. The molecule has 210 valence electrons. The number of rotatable bonds is 10. The Kier molecular flexibility index (Phi) is 9.22. The number of hydrogen-bond acceptors (Lipinski definition) is 8. The van der Waals surface area contributed by atoms with Gasteiger partial charge in [0.15, 0.2) is 5.13 Å². The summed E-state index contributed by atoms with van der Waals surface area (Å²) in [4.78, 5) is 27.7. The molecule has 0 fully saturated rings. The van der Waals surface area contributed by atoms with Gasteiger partial charge in [0.2, 0.25) is 0 Å². The fourth-order valence-corrected chi connectivity index (χ4v) is 5.01. The summed E-state index contributed by atoms with van der Waals surface area (Å²) in [6.45, 7) is 0.205. The quantitative estimate of drug-likeness (QED) is 0.0884. The summed E-state index contributed by atoms with van der Waals surface area (Å²) in [5.41, 5.74) is 6.95. The molecule has 0 aliphatic carbocycles. The van der Waals surface area contributed by atoms with Gasteiger partial charge in [0.25, 0.3) is 11.6 Å². The van der Waals surface area contributed by atoms with Gasteiger partial charge in [0, 0.05) is 49.4 Å². The van der Waals surface area contributed by atoms with Crippen molar-refractivity contribution in [1.29, 1.82) is 0 Å². The molecule has 0 aliphatic heterocycles. The number of halogens is 2. The van der Waals surface area contributed by atoms with E-state index in [0.717, 1.165) is 32.1 Å². The van der Waals surface area contributed by atoms with Crippen molar-refractivity contribution >= 4 is 67.5 Å². The molecule has 1 aromatic heterocycles.